The molecule has 0 atom stereocenters. The van der Waals surface area contributed by atoms with E-state index in [2.05, 4.69) is 9.88 Å². The molecule has 2 fully saturated rings. The molecule has 0 saturated carbocycles. The van der Waals surface area contributed by atoms with E-state index in [1.54, 1.807) is 10.5 Å². The van der Waals surface area contributed by atoms with Gasteiger partial charge in [-0.25, -0.2) is 13.4 Å². The van der Waals surface area contributed by atoms with Gasteiger partial charge in [0.1, 0.15) is 5.82 Å². The zero-order chi connectivity index (χ0) is 23.8. The van der Waals surface area contributed by atoms with Crippen molar-refractivity contribution in [3.63, 3.8) is 0 Å². The van der Waals surface area contributed by atoms with Crippen LogP contribution in [0.2, 0.25) is 5.02 Å². The number of benzene rings is 1. The number of aromatic nitrogens is 1. The van der Waals surface area contributed by atoms with E-state index < -0.39 is 10.0 Å². The summed E-state index contributed by atoms with van der Waals surface area (Å²) in [7, 11) is -3.57. The van der Waals surface area contributed by atoms with Crippen LogP contribution < -0.4 is 4.90 Å². The molecule has 2 aliphatic heterocycles. The lowest BCUT2D eigenvalue weighted by atomic mass is 9.96. The molecule has 0 radical (unpaired) electrons. The molecule has 2 saturated heterocycles. The van der Waals surface area contributed by atoms with Gasteiger partial charge in [0.2, 0.25) is 15.9 Å². The number of anilines is 1. The summed E-state index contributed by atoms with van der Waals surface area (Å²) in [6.07, 6.45) is 2.75. The number of piperidine rings is 1. The van der Waals surface area contributed by atoms with Crippen LogP contribution in [0.3, 0.4) is 0 Å². The summed E-state index contributed by atoms with van der Waals surface area (Å²) in [5.74, 6) is 0.877. The Hall–Kier alpha value is -2.16. The molecule has 0 spiro atoms. The van der Waals surface area contributed by atoms with E-state index in [0.717, 1.165) is 35.6 Å². The minimum absolute atomic E-state index is 0.128. The quantitative estimate of drug-likeness (QED) is 0.656. The molecule has 2 aliphatic rings. The predicted octanol–water partition coefficient (Wildman–Crippen LogP) is 3.41. The van der Waals surface area contributed by atoms with Crippen molar-refractivity contribution in [3.8, 4) is 0 Å². The maximum Gasteiger partial charge on any atom is 0.243 e. The molecule has 3 heterocycles. The molecule has 33 heavy (non-hydrogen) atoms. The number of amides is 1. The molecule has 9 heteroatoms. The lowest BCUT2D eigenvalue weighted by Crippen LogP contribution is -2.52. The highest BCUT2D eigenvalue weighted by Gasteiger charge is 2.35. The number of piperazine rings is 1. The fourth-order valence-electron chi connectivity index (χ4n) is 5.02. The minimum atomic E-state index is -3.57. The summed E-state index contributed by atoms with van der Waals surface area (Å²) in [5.41, 5.74) is 2.61. The first-order valence-electron chi connectivity index (χ1n) is 11.4. The summed E-state index contributed by atoms with van der Waals surface area (Å²) in [6, 6.07) is 7.54. The molecule has 2 aromatic rings. The number of sulfonamides is 1. The smallest absolute Gasteiger partial charge is 0.243 e. The van der Waals surface area contributed by atoms with Gasteiger partial charge < -0.3 is 9.80 Å². The van der Waals surface area contributed by atoms with Crippen LogP contribution in [0.1, 0.15) is 29.5 Å². The highest BCUT2D eigenvalue weighted by Crippen LogP contribution is 2.29. The molecule has 1 aromatic carbocycles. The minimum Gasteiger partial charge on any atom is -0.353 e. The van der Waals surface area contributed by atoms with E-state index in [4.69, 9.17) is 11.6 Å². The maximum atomic E-state index is 13.3. The normalized spacial score (nSPS) is 18.5. The first-order chi connectivity index (χ1) is 15.7. The van der Waals surface area contributed by atoms with E-state index in [1.165, 1.54) is 0 Å². The van der Waals surface area contributed by atoms with Crippen LogP contribution in [-0.2, 0) is 14.8 Å². The molecule has 0 aliphatic carbocycles. The third-order valence-corrected chi connectivity index (χ3v) is 9.06. The molecule has 0 bridgehead atoms. The molecule has 178 valence electrons. The molecule has 1 amide bonds. The van der Waals surface area contributed by atoms with E-state index >= 15 is 0 Å². The van der Waals surface area contributed by atoms with Crippen molar-refractivity contribution < 1.29 is 13.2 Å². The monoisotopic (exact) mass is 490 g/mol. The highest BCUT2D eigenvalue weighted by molar-refractivity contribution is 7.89. The number of rotatable bonds is 4. The Balaban J connectivity index is 1.34. The van der Waals surface area contributed by atoms with Crippen LogP contribution in [0.25, 0.3) is 0 Å². The van der Waals surface area contributed by atoms with Gasteiger partial charge in [-0.05, 0) is 56.9 Å². The van der Waals surface area contributed by atoms with E-state index in [9.17, 15) is 13.2 Å². The first kappa shape index (κ1) is 24.0. The second-order valence-electron chi connectivity index (χ2n) is 9.05. The van der Waals surface area contributed by atoms with Crippen LogP contribution >= 0.6 is 11.6 Å². The van der Waals surface area contributed by atoms with Gasteiger partial charge in [-0.15, -0.1) is 0 Å². The number of carbonyl (C=O) groups excluding carboxylic acids is 1. The van der Waals surface area contributed by atoms with Gasteiger partial charge in [0, 0.05) is 51.4 Å². The van der Waals surface area contributed by atoms with Crippen molar-refractivity contribution in [2.24, 2.45) is 5.92 Å². The number of aryl methyl sites for hydroxylation is 3. The van der Waals surface area contributed by atoms with Crippen molar-refractivity contribution in [2.45, 2.75) is 38.5 Å². The second-order valence-corrected chi connectivity index (χ2v) is 11.4. The van der Waals surface area contributed by atoms with Crippen molar-refractivity contribution in [1.29, 1.82) is 0 Å². The maximum absolute atomic E-state index is 13.3. The zero-order valence-corrected chi connectivity index (χ0v) is 21.0. The largest absolute Gasteiger partial charge is 0.353 e. The number of hydrogen-bond donors (Lipinski definition) is 0. The van der Waals surface area contributed by atoms with Gasteiger partial charge in [0.05, 0.1) is 9.92 Å². The van der Waals surface area contributed by atoms with Gasteiger partial charge in [0.25, 0.3) is 0 Å². The molecule has 0 N–H and O–H groups in total. The Morgan fingerprint density at radius 2 is 1.58 bits per heavy atom. The van der Waals surface area contributed by atoms with E-state index in [1.807, 2.05) is 49.9 Å². The summed E-state index contributed by atoms with van der Waals surface area (Å²) < 4.78 is 28.2. The van der Waals surface area contributed by atoms with Crippen molar-refractivity contribution in [1.82, 2.24) is 14.2 Å². The van der Waals surface area contributed by atoms with Crippen molar-refractivity contribution >= 4 is 33.3 Å². The fraction of sp³-hybridized carbons (Fsp3) is 0.500. The molecule has 0 unspecified atom stereocenters. The Kier molecular flexibility index (Phi) is 6.98. The third kappa shape index (κ3) is 5.03. The Morgan fingerprint density at radius 1 is 0.970 bits per heavy atom. The summed E-state index contributed by atoms with van der Waals surface area (Å²) in [6.45, 7) is 9.15. The van der Waals surface area contributed by atoms with Crippen LogP contribution in [0.4, 0.5) is 5.82 Å². The predicted molar refractivity (Wildman–Crippen MR) is 130 cm³/mol. The lowest BCUT2D eigenvalue weighted by Gasteiger charge is -2.38. The highest BCUT2D eigenvalue weighted by atomic mass is 35.5. The van der Waals surface area contributed by atoms with Gasteiger partial charge in [-0.1, -0.05) is 29.3 Å². The van der Waals surface area contributed by atoms with Gasteiger partial charge in [-0.2, -0.15) is 4.31 Å². The first-order valence-corrected chi connectivity index (χ1v) is 13.2. The zero-order valence-electron chi connectivity index (χ0n) is 19.4. The average Bonchev–Trinajstić information content (AvgIpc) is 2.78. The number of pyridine rings is 1. The van der Waals surface area contributed by atoms with Crippen LogP contribution in [0.5, 0.6) is 0 Å². The van der Waals surface area contributed by atoms with Crippen LogP contribution in [0, 0.1) is 26.7 Å². The van der Waals surface area contributed by atoms with Crippen molar-refractivity contribution in [3.05, 3.63) is 52.2 Å². The van der Waals surface area contributed by atoms with Gasteiger partial charge in [0.15, 0.2) is 0 Å². The average molecular weight is 491 g/mol. The number of carbonyl (C=O) groups is 1. The van der Waals surface area contributed by atoms with E-state index in [-0.39, 0.29) is 11.8 Å². The molecular formula is C24H31ClN4O3S. The molecule has 1 aromatic heterocycles. The number of nitrogens with zero attached hydrogens (tertiary/aromatic N) is 4. The van der Waals surface area contributed by atoms with Crippen molar-refractivity contribution in [2.75, 3.05) is 44.2 Å². The Bertz CT molecular complexity index is 1100. The van der Waals surface area contributed by atoms with Gasteiger partial charge in [-0.3, -0.25) is 4.79 Å². The summed E-state index contributed by atoms with van der Waals surface area (Å²) in [5, 5.41) is 0.605. The fourth-order valence-corrected chi connectivity index (χ4v) is 7.01. The van der Waals surface area contributed by atoms with Crippen LogP contribution in [-0.4, -0.2) is 67.8 Å². The summed E-state index contributed by atoms with van der Waals surface area (Å²) in [4.78, 5) is 22.0. The number of hydrogen-bond acceptors (Lipinski definition) is 5. The second kappa shape index (κ2) is 9.60. The standard InChI is InChI=1S/C24H31ClN4O3S/c1-17-14-18(2)23(19(3)15-17)33(31,32)29-8-6-20(7-9-29)24(30)28-12-10-27(11-13-28)22-5-4-21(25)16-26-22/h4-5,14-16,20H,6-13H2,1-3H3. The number of halogens is 1. The Morgan fingerprint density at radius 3 is 2.12 bits per heavy atom. The van der Waals surface area contributed by atoms with Gasteiger partial charge >= 0.3 is 0 Å². The van der Waals surface area contributed by atoms with E-state index in [0.29, 0.717) is 48.9 Å². The lowest BCUT2D eigenvalue weighted by molar-refractivity contribution is -0.137. The molecular weight excluding hydrogens is 460 g/mol. The van der Waals surface area contributed by atoms with Crippen LogP contribution in [0.15, 0.2) is 35.4 Å². The third-order valence-electron chi connectivity index (χ3n) is 6.63. The molecule has 7 nitrogen and oxygen atoms in total. The SMILES string of the molecule is Cc1cc(C)c(S(=O)(=O)N2CCC(C(=O)N3CCN(c4ccc(Cl)cn4)CC3)CC2)c(C)c1. The Labute approximate surface area is 201 Å². The topological polar surface area (TPSA) is 73.8 Å². The summed E-state index contributed by atoms with van der Waals surface area (Å²) >= 11 is 5.92. The molecule has 4 rings (SSSR count).